The molecule has 3 atom stereocenters. The van der Waals surface area contributed by atoms with E-state index >= 15 is 0 Å². The Bertz CT molecular complexity index is 1710. The summed E-state index contributed by atoms with van der Waals surface area (Å²) in [6, 6.07) is 20.3. The van der Waals surface area contributed by atoms with Crippen molar-refractivity contribution in [3.63, 3.8) is 0 Å². The van der Waals surface area contributed by atoms with E-state index in [0.717, 1.165) is 78.2 Å². The molecule has 0 radical (unpaired) electrons. The zero-order valence-corrected chi connectivity index (χ0v) is 27.7. The average molecular weight is 652 g/mol. The molecule has 2 aliphatic heterocycles. The van der Waals surface area contributed by atoms with Crippen molar-refractivity contribution < 1.29 is 24.8 Å². The minimum absolute atomic E-state index is 0.0948. The molecule has 4 bridgehead atoms. The largest absolute Gasteiger partial charge is 0.504 e. The normalized spacial score (nSPS) is 20.2. The van der Waals surface area contributed by atoms with E-state index in [2.05, 4.69) is 58.7 Å². The number of aryl methyl sites for hydroxylation is 1. The zero-order valence-electron chi connectivity index (χ0n) is 27.7. The number of phenolic OH excluding ortho intramolecular Hbond substituents is 1. The van der Waals surface area contributed by atoms with Crippen LogP contribution in [0.4, 0.5) is 0 Å². The standard InChI is InChI=1S/C40H49N3O5/c41-39-17-14-31-26-47-35(11-7-2-1-3-8-18-44)23-34(45)15-12-29-13-16-37(46)38(22-29)48-27-33-21-30(19-28-9-5-4-6-10-28)20-32-24-43(25-36(32)33)40(31)42-39/h4-6,9-10,13-14,16-17,20-22,24-25,34-35,39,42,44-46H,1-3,7-8,11-12,15,18-19,23,26-27,41H2. The predicted molar refractivity (Wildman–Crippen MR) is 191 cm³/mol. The summed E-state index contributed by atoms with van der Waals surface area (Å²) in [6.07, 6.45) is 15.7. The summed E-state index contributed by atoms with van der Waals surface area (Å²) in [7, 11) is 0. The molecule has 0 amide bonds. The van der Waals surface area contributed by atoms with E-state index in [0.29, 0.717) is 31.6 Å². The number of dihydropyridines is 1. The fraction of sp³-hybridized carbons (Fsp3) is 0.400. The zero-order chi connectivity index (χ0) is 33.3. The summed E-state index contributed by atoms with van der Waals surface area (Å²) in [5.41, 5.74) is 11.8. The van der Waals surface area contributed by atoms with Crippen LogP contribution >= 0.6 is 0 Å². The Labute approximate surface area is 283 Å². The molecule has 8 heteroatoms. The lowest BCUT2D eigenvalue weighted by atomic mass is 9.99. The summed E-state index contributed by atoms with van der Waals surface area (Å²) in [5.74, 6) is 1.39. The fourth-order valence-electron chi connectivity index (χ4n) is 6.76. The Hall–Kier alpha value is -4.08. The van der Waals surface area contributed by atoms with Crippen molar-refractivity contribution in [2.75, 3.05) is 13.2 Å². The molecule has 0 saturated carbocycles. The lowest BCUT2D eigenvalue weighted by Gasteiger charge is -2.26. The number of aliphatic hydroxyl groups is 2. The van der Waals surface area contributed by atoms with Gasteiger partial charge in [0.25, 0.3) is 0 Å². The lowest BCUT2D eigenvalue weighted by Crippen LogP contribution is -2.38. The molecule has 3 aromatic carbocycles. The number of ether oxygens (including phenoxy) is 2. The van der Waals surface area contributed by atoms with Crippen molar-refractivity contribution >= 4 is 16.6 Å². The van der Waals surface area contributed by atoms with Gasteiger partial charge in [0, 0.05) is 35.3 Å². The first-order valence-corrected chi connectivity index (χ1v) is 17.4. The number of hydrogen-bond acceptors (Lipinski definition) is 7. The van der Waals surface area contributed by atoms with Crippen LogP contribution in [-0.2, 0) is 24.2 Å². The molecule has 0 aliphatic carbocycles. The number of benzene rings is 3. The molecule has 4 aromatic rings. The van der Waals surface area contributed by atoms with E-state index < -0.39 is 6.10 Å². The maximum Gasteiger partial charge on any atom is 0.161 e. The fourth-order valence-corrected chi connectivity index (χ4v) is 6.76. The van der Waals surface area contributed by atoms with Crippen LogP contribution in [0.3, 0.4) is 0 Å². The highest BCUT2D eigenvalue weighted by molar-refractivity contribution is 5.88. The second-order valence-electron chi connectivity index (χ2n) is 13.2. The number of aromatic nitrogens is 1. The molecule has 0 spiro atoms. The number of nitrogens with zero attached hydrogens (tertiary/aromatic N) is 1. The quantitative estimate of drug-likeness (QED) is 0.130. The van der Waals surface area contributed by atoms with Gasteiger partial charge in [-0.3, -0.25) is 0 Å². The van der Waals surface area contributed by atoms with E-state index in [-0.39, 0.29) is 31.2 Å². The first-order chi connectivity index (χ1) is 23.4. The van der Waals surface area contributed by atoms with E-state index in [1.807, 2.05) is 30.4 Å². The average Bonchev–Trinajstić information content (AvgIpc) is 3.52. The van der Waals surface area contributed by atoms with Gasteiger partial charge in [-0.1, -0.05) is 74.2 Å². The van der Waals surface area contributed by atoms with Crippen molar-refractivity contribution in [3.8, 4) is 11.5 Å². The number of fused-ring (bicyclic) bond motifs is 4. The molecule has 6 N–H and O–H groups in total. The summed E-state index contributed by atoms with van der Waals surface area (Å²) >= 11 is 0. The number of nitrogens with one attached hydrogen (secondary N) is 1. The molecule has 8 nitrogen and oxygen atoms in total. The van der Waals surface area contributed by atoms with E-state index in [1.165, 1.54) is 11.1 Å². The first-order valence-electron chi connectivity index (χ1n) is 17.4. The minimum Gasteiger partial charge on any atom is -0.504 e. The number of phenols is 1. The van der Waals surface area contributed by atoms with Crippen molar-refractivity contribution in [1.29, 1.82) is 0 Å². The number of unbranched alkanes of at least 4 members (excludes halogenated alkanes) is 4. The highest BCUT2D eigenvalue weighted by Crippen LogP contribution is 2.32. The smallest absolute Gasteiger partial charge is 0.161 e. The van der Waals surface area contributed by atoms with Gasteiger partial charge in [0.15, 0.2) is 11.5 Å². The van der Waals surface area contributed by atoms with Crippen LogP contribution < -0.4 is 15.8 Å². The summed E-state index contributed by atoms with van der Waals surface area (Å²) in [5, 5.41) is 36.6. The SMILES string of the molecule is NC1C=CC2=C(N1)n1cc3cc(Cc4ccccc4)cc(c3c1)COc1cc(ccc1O)CCC(O)CC(CCCCCCCO)OC2. The van der Waals surface area contributed by atoms with E-state index in [1.54, 1.807) is 6.07 Å². The summed E-state index contributed by atoms with van der Waals surface area (Å²) in [6.45, 7) is 0.910. The van der Waals surface area contributed by atoms with Crippen molar-refractivity contribution in [1.82, 2.24) is 9.88 Å². The molecule has 48 heavy (non-hydrogen) atoms. The van der Waals surface area contributed by atoms with Crippen LogP contribution in [-0.4, -0.2) is 51.5 Å². The van der Waals surface area contributed by atoms with Gasteiger partial charge >= 0.3 is 0 Å². The van der Waals surface area contributed by atoms with Gasteiger partial charge in [0.1, 0.15) is 12.4 Å². The van der Waals surface area contributed by atoms with Gasteiger partial charge in [-0.25, -0.2) is 0 Å². The second kappa shape index (κ2) is 16.3. The molecular formula is C40H49N3O5. The topological polar surface area (TPSA) is 122 Å². The van der Waals surface area contributed by atoms with Crippen LogP contribution in [0.2, 0.25) is 0 Å². The highest BCUT2D eigenvalue weighted by atomic mass is 16.5. The van der Waals surface area contributed by atoms with Gasteiger partial charge in [-0.05, 0) is 85.1 Å². The van der Waals surface area contributed by atoms with Gasteiger partial charge in [0.2, 0.25) is 0 Å². The first kappa shape index (κ1) is 33.8. The molecular weight excluding hydrogens is 602 g/mol. The maximum absolute atomic E-state index is 11.1. The van der Waals surface area contributed by atoms with Gasteiger partial charge in [-0.2, -0.15) is 0 Å². The Balaban J connectivity index is 1.36. The molecule has 1 aromatic heterocycles. The second-order valence-corrected chi connectivity index (χ2v) is 13.2. The monoisotopic (exact) mass is 651 g/mol. The number of aliphatic hydroxyl groups excluding tert-OH is 2. The van der Waals surface area contributed by atoms with E-state index in [9.17, 15) is 10.2 Å². The molecule has 6 rings (SSSR count). The Kier molecular flexibility index (Phi) is 11.5. The van der Waals surface area contributed by atoms with Gasteiger partial charge < -0.3 is 40.4 Å². The lowest BCUT2D eigenvalue weighted by molar-refractivity contribution is 0.0171. The number of nitrogens with two attached hydrogens (primary N) is 1. The number of rotatable bonds is 9. The highest BCUT2D eigenvalue weighted by Gasteiger charge is 2.21. The molecule has 0 fully saturated rings. The van der Waals surface area contributed by atoms with Crippen LogP contribution in [0.25, 0.3) is 16.6 Å². The van der Waals surface area contributed by atoms with E-state index in [4.69, 9.17) is 20.3 Å². The van der Waals surface area contributed by atoms with Crippen LogP contribution in [0.15, 0.2) is 90.8 Å². The Morgan fingerprint density at radius 3 is 2.60 bits per heavy atom. The molecule has 254 valence electrons. The molecule has 3 heterocycles. The third kappa shape index (κ3) is 8.88. The molecule has 3 unspecified atom stereocenters. The number of hydrogen-bond donors (Lipinski definition) is 5. The summed E-state index contributed by atoms with van der Waals surface area (Å²) in [4.78, 5) is 0. The van der Waals surface area contributed by atoms with Crippen molar-refractivity contribution in [3.05, 3.63) is 113 Å². The van der Waals surface area contributed by atoms with Gasteiger partial charge in [-0.15, -0.1) is 0 Å². The maximum atomic E-state index is 11.1. The number of aromatic hydroxyl groups is 1. The molecule has 0 saturated heterocycles. The van der Waals surface area contributed by atoms with Crippen molar-refractivity contribution in [2.24, 2.45) is 5.73 Å². The van der Waals surface area contributed by atoms with Crippen LogP contribution in [0, 0.1) is 0 Å². The van der Waals surface area contributed by atoms with Crippen LogP contribution in [0.1, 0.15) is 73.6 Å². The predicted octanol–water partition coefficient (Wildman–Crippen LogP) is 6.54. The van der Waals surface area contributed by atoms with Crippen LogP contribution in [0.5, 0.6) is 11.5 Å². The summed E-state index contributed by atoms with van der Waals surface area (Å²) < 4.78 is 15.0. The van der Waals surface area contributed by atoms with Gasteiger partial charge in [0.05, 0.1) is 25.0 Å². The third-order valence-electron chi connectivity index (χ3n) is 9.39. The van der Waals surface area contributed by atoms with Crippen molar-refractivity contribution in [2.45, 2.75) is 89.2 Å². The molecule has 2 aliphatic rings. The Morgan fingerprint density at radius 1 is 0.917 bits per heavy atom. The third-order valence-corrected chi connectivity index (χ3v) is 9.39. The Morgan fingerprint density at radius 2 is 1.75 bits per heavy atom. The minimum atomic E-state index is -0.532.